The van der Waals surface area contributed by atoms with E-state index in [0.29, 0.717) is 5.95 Å². The molecule has 0 amide bonds. The highest BCUT2D eigenvalue weighted by molar-refractivity contribution is 7.10. The van der Waals surface area contributed by atoms with Crippen molar-refractivity contribution in [1.29, 1.82) is 0 Å². The quantitative estimate of drug-likeness (QED) is 0.872. The number of anilines is 2. The number of thiophene rings is 1. The Morgan fingerprint density at radius 3 is 2.94 bits per heavy atom. The van der Waals surface area contributed by atoms with Crippen molar-refractivity contribution in [2.45, 2.75) is 19.4 Å². The zero-order valence-corrected chi connectivity index (χ0v) is 11.1. The van der Waals surface area contributed by atoms with E-state index in [1.807, 2.05) is 17.5 Å². The molecule has 18 heavy (non-hydrogen) atoms. The molecule has 2 rings (SSSR count). The predicted octanol–water partition coefficient (Wildman–Crippen LogP) is 3.28. The zero-order valence-electron chi connectivity index (χ0n) is 10.3. The first-order valence-electron chi connectivity index (χ1n) is 5.74. The average Bonchev–Trinajstić information content (AvgIpc) is 2.91. The van der Waals surface area contributed by atoms with Gasteiger partial charge in [0.25, 0.3) is 0 Å². The lowest BCUT2D eigenvalue weighted by molar-refractivity contribution is 0.611. The number of nitrogens with one attached hydrogen (secondary N) is 2. The molecule has 0 saturated heterocycles. The van der Waals surface area contributed by atoms with Crippen LogP contribution in [0.3, 0.4) is 0 Å². The Balaban J connectivity index is 2.21. The number of halogens is 1. The van der Waals surface area contributed by atoms with Gasteiger partial charge in [0, 0.05) is 11.9 Å². The zero-order chi connectivity index (χ0) is 13.0. The monoisotopic (exact) mass is 266 g/mol. The van der Waals surface area contributed by atoms with E-state index in [0.717, 1.165) is 6.42 Å². The first-order chi connectivity index (χ1) is 8.74. The van der Waals surface area contributed by atoms with Gasteiger partial charge in [0.15, 0.2) is 11.6 Å². The maximum atomic E-state index is 13.6. The van der Waals surface area contributed by atoms with E-state index in [1.54, 1.807) is 18.4 Å². The molecule has 1 atom stereocenters. The number of hydrogen-bond acceptors (Lipinski definition) is 5. The van der Waals surface area contributed by atoms with Crippen LogP contribution in [0, 0.1) is 5.82 Å². The molecule has 0 fully saturated rings. The Hall–Kier alpha value is -1.69. The molecule has 0 aliphatic rings. The Labute approximate surface area is 109 Å². The van der Waals surface area contributed by atoms with Crippen LogP contribution in [-0.4, -0.2) is 17.0 Å². The number of rotatable bonds is 5. The summed E-state index contributed by atoms with van der Waals surface area (Å²) in [6, 6.07) is 4.09. The van der Waals surface area contributed by atoms with E-state index in [2.05, 4.69) is 27.5 Å². The molecule has 4 nitrogen and oxygen atoms in total. The second-order valence-corrected chi connectivity index (χ2v) is 4.74. The van der Waals surface area contributed by atoms with Crippen molar-refractivity contribution in [3.8, 4) is 0 Å². The van der Waals surface area contributed by atoms with Crippen molar-refractivity contribution in [1.82, 2.24) is 9.97 Å². The highest BCUT2D eigenvalue weighted by Crippen LogP contribution is 2.26. The molecule has 2 heterocycles. The van der Waals surface area contributed by atoms with Crippen LogP contribution in [0.15, 0.2) is 23.7 Å². The van der Waals surface area contributed by atoms with E-state index in [1.165, 1.54) is 11.1 Å². The number of hydrogen-bond donors (Lipinski definition) is 2. The van der Waals surface area contributed by atoms with Crippen molar-refractivity contribution < 1.29 is 4.39 Å². The highest BCUT2D eigenvalue weighted by Gasteiger charge is 2.14. The molecule has 0 aliphatic heterocycles. The second-order valence-electron chi connectivity index (χ2n) is 3.76. The van der Waals surface area contributed by atoms with Crippen LogP contribution in [0.1, 0.15) is 24.3 Å². The summed E-state index contributed by atoms with van der Waals surface area (Å²) in [5, 5.41) is 7.92. The molecular weight excluding hydrogens is 251 g/mol. The standard InChI is InChI=1S/C12H15FN4S/c1-3-9(10-5-4-6-18-10)16-11-8(13)7-15-12(14-2)17-11/h4-7,9H,3H2,1-2H3,(H2,14,15,16,17). The van der Waals surface area contributed by atoms with Gasteiger partial charge in [0.05, 0.1) is 12.2 Å². The number of nitrogens with zero attached hydrogens (tertiary/aromatic N) is 2. The van der Waals surface area contributed by atoms with Gasteiger partial charge in [0.2, 0.25) is 5.95 Å². The third-order valence-corrected chi connectivity index (χ3v) is 3.56. The first kappa shape index (κ1) is 12.8. The molecule has 0 radical (unpaired) electrons. The molecule has 6 heteroatoms. The maximum absolute atomic E-state index is 13.6. The van der Waals surface area contributed by atoms with Gasteiger partial charge in [-0.15, -0.1) is 11.3 Å². The van der Waals surface area contributed by atoms with Gasteiger partial charge in [0.1, 0.15) is 0 Å². The van der Waals surface area contributed by atoms with Crippen LogP contribution < -0.4 is 10.6 Å². The summed E-state index contributed by atoms with van der Waals surface area (Å²) in [4.78, 5) is 9.07. The van der Waals surface area contributed by atoms with Gasteiger partial charge in [-0.3, -0.25) is 0 Å². The third-order valence-electron chi connectivity index (χ3n) is 2.57. The first-order valence-corrected chi connectivity index (χ1v) is 6.62. The summed E-state index contributed by atoms with van der Waals surface area (Å²) in [6.45, 7) is 2.05. The van der Waals surface area contributed by atoms with E-state index >= 15 is 0 Å². The van der Waals surface area contributed by atoms with E-state index in [9.17, 15) is 4.39 Å². The number of aromatic nitrogens is 2. The van der Waals surface area contributed by atoms with Crippen molar-refractivity contribution in [2.24, 2.45) is 0 Å². The fourth-order valence-corrected chi connectivity index (χ4v) is 2.48. The summed E-state index contributed by atoms with van der Waals surface area (Å²) < 4.78 is 13.6. The topological polar surface area (TPSA) is 49.8 Å². The fourth-order valence-electron chi connectivity index (χ4n) is 1.62. The van der Waals surface area contributed by atoms with E-state index < -0.39 is 5.82 Å². The van der Waals surface area contributed by atoms with Crippen molar-refractivity contribution >= 4 is 23.1 Å². The van der Waals surface area contributed by atoms with Gasteiger partial charge in [-0.1, -0.05) is 13.0 Å². The third kappa shape index (κ3) is 2.76. The van der Waals surface area contributed by atoms with Crippen LogP contribution in [0.4, 0.5) is 16.2 Å². The minimum Gasteiger partial charge on any atom is -0.360 e. The Morgan fingerprint density at radius 1 is 1.50 bits per heavy atom. The summed E-state index contributed by atoms with van der Waals surface area (Å²) in [7, 11) is 1.70. The molecule has 0 spiro atoms. The lowest BCUT2D eigenvalue weighted by Crippen LogP contribution is -2.12. The second kappa shape index (κ2) is 5.77. The minimum absolute atomic E-state index is 0.0686. The Kier molecular flexibility index (Phi) is 4.09. The molecule has 96 valence electrons. The van der Waals surface area contributed by atoms with Gasteiger partial charge in [-0.25, -0.2) is 9.37 Å². The van der Waals surface area contributed by atoms with Gasteiger partial charge >= 0.3 is 0 Å². The molecule has 0 aromatic carbocycles. The van der Waals surface area contributed by atoms with E-state index in [4.69, 9.17) is 0 Å². The SMILES string of the molecule is CCC(Nc1nc(NC)ncc1F)c1cccs1. The van der Waals surface area contributed by atoms with Gasteiger partial charge in [-0.2, -0.15) is 4.98 Å². The van der Waals surface area contributed by atoms with Crippen LogP contribution in [0.5, 0.6) is 0 Å². The maximum Gasteiger partial charge on any atom is 0.224 e. The van der Waals surface area contributed by atoms with E-state index in [-0.39, 0.29) is 11.9 Å². The summed E-state index contributed by atoms with van der Waals surface area (Å²) in [5.74, 6) is 0.193. The summed E-state index contributed by atoms with van der Waals surface area (Å²) in [6.07, 6.45) is 2.03. The minimum atomic E-state index is -0.441. The molecule has 0 saturated carbocycles. The predicted molar refractivity (Wildman–Crippen MR) is 72.5 cm³/mol. The molecule has 0 bridgehead atoms. The van der Waals surface area contributed by atoms with Crippen molar-refractivity contribution in [2.75, 3.05) is 17.7 Å². The largest absolute Gasteiger partial charge is 0.360 e. The summed E-state index contributed by atoms with van der Waals surface area (Å²) in [5.41, 5.74) is 0. The Bertz CT molecular complexity index is 501. The van der Waals surface area contributed by atoms with Gasteiger partial charge < -0.3 is 10.6 Å². The lowest BCUT2D eigenvalue weighted by atomic mass is 10.2. The molecule has 1 unspecified atom stereocenters. The van der Waals surface area contributed by atoms with Crippen molar-refractivity contribution in [3.63, 3.8) is 0 Å². The lowest BCUT2D eigenvalue weighted by Gasteiger charge is -2.16. The molecule has 2 aromatic rings. The Morgan fingerprint density at radius 2 is 2.33 bits per heavy atom. The van der Waals surface area contributed by atoms with Crippen molar-refractivity contribution in [3.05, 3.63) is 34.4 Å². The smallest absolute Gasteiger partial charge is 0.224 e. The van der Waals surface area contributed by atoms with Crippen LogP contribution in [-0.2, 0) is 0 Å². The fraction of sp³-hybridized carbons (Fsp3) is 0.333. The molecular formula is C12H15FN4S. The highest BCUT2D eigenvalue weighted by atomic mass is 32.1. The van der Waals surface area contributed by atoms with Crippen LogP contribution in [0.2, 0.25) is 0 Å². The molecule has 0 aliphatic carbocycles. The molecule has 2 N–H and O–H groups in total. The normalized spacial score (nSPS) is 12.2. The summed E-state index contributed by atoms with van der Waals surface area (Å²) >= 11 is 1.65. The van der Waals surface area contributed by atoms with Gasteiger partial charge in [-0.05, 0) is 17.9 Å². The van der Waals surface area contributed by atoms with Crippen LogP contribution in [0.25, 0.3) is 0 Å². The molecule has 2 aromatic heterocycles. The van der Waals surface area contributed by atoms with Crippen LogP contribution >= 0.6 is 11.3 Å². The average molecular weight is 266 g/mol.